The van der Waals surface area contributed by atoms with Crippen LogP contribution in [-0.4, -0.2) is 25.2 Å². The second-order valence-electron chi connectivity index (χ2n) is 5.70. The average Bonchev–Trinajstić information content (AvgIpc) is 3.10. The van der Waals surface area contributed by atoms with Gasteiger partial charge in [-0.15, -0.1) is 11.3 Å². The van der Waals surface area contributed by atoms with E-state index in [-0.39, 0.29) is 5.97 Å². The second-order valence-corrected chi connectivity index (χ2v) is 6.64. The first-order valence-corrected chi connectivity index (χ1v) is 8.75. The lowest BCUT2D eigenvalue weighted by Gasteiger charge is -2.07. The first-order valence-electron chi connectivity index (χ1n) is 7.87. The molecule has 128 valence electrons. The molecule has 5 heteroatoms. The van der Waals surface area contributed by atoms with E-state index in [0.717, 1.165) is 34.0 Å². The lowest BCUT2D eigenvalue weighted by molar-refractivity contribution is 0.0600. The van der Waals surface area contributed by atoms with Crippen LogP contribution in [0.5, 0.6) is 5.75 Å². The van der Waals surface area contributed by atoms with E-state index in [9.17, 15) is 4.79 Å². The van der Waals surface area contributed by atoms with Gasteiger partial charge in [0.2, 0.25) is 0 Å². The molecule has 0 N–H and O–H groups in total. The highest BCUT2D eigenvalue weighted by Gasteiger charge is 2.11. The third-order valence-electron chi connectivity index (χ3n) is 3.91. The quantitative estimate of drug-likeness (QED) is 0.634. The SMILES string of the molecule is COC(=O)c1ccc(Cc2nc(-c3cc(C)ccc3OC)cs2)cc1. The fourth-order valence-corrected chi connectivity index (χ4v) is 3.42. The Morgan fingerprint density at radius 1 is 1.12 bits per heavy atom. The molecule has 25 heavy (non-hydrogen) atoms. The van der Waals surface area contributed by atoms with Crippen molar-refractivity contribution in [3.8, 4) is 17.0 Å². The number of aromatic nitrogens is 1. The van der Waals surface area contributed by atoms with Crippen molar-refractivity contribution in [2.75, 3.05) is 14.2 Å². The molecule has 0 atom stereocenters. The first-order chi connectivity index (χ1) is 12.1. The van der Waals surface area contributed by atoms with Crippen LogP contribution in [0.2, 0.25) is 0 Å². The van der Waals surface area contributed by atoms with Crippen molar-refractivity contribution >= 4 is 17.3 Å². The molecule has 0 aliphatic rings. The van der Waals surface area contributed by atoms with Crippen molar-refractivity contribution in [3.63, 3.8) is 0 Å². The zero-order valence-corrected chi connectivity index (χ0v) is 15.2. The summed E-state index contributed by atoms with van der Waals surface area (Å²) in [5, 5.41) is 3.07. The molecule has 0 amide bonds. The maximum atomic E-state index is 11.5. The van der Waals surface area contributed by atoms with Gasteiger partial charge < -0.3 is 9.47 Å². The molecule has 1 aromatic heterocycles. The van der Waals surface area contributed by atoms with Crippen molar-refractivity contribution in [3.05, 3.63) is 69.5 Å². The Morgan fingerprint density at radius 2 is 1.88 bits per heavy atom. The van der Waals surface area contributed by atoms with Gasteiger partial charge in [0.1, 0.15) is 5.75 Å². The summed E-state index contributed by atoms with van der Waals surface area (Å²) in [5.41, 5.74) is 4.75. The second kappa shape index (κ2) is 7.49. The van der Waals surface area contributed by atoms with E-state index in [2.05, 4.69) is 18.4 Å². The molecule has 1 heterocycles. The van der Waals surface area contributed by atoms with E-state index in [1.165, 1.54) is 12.7 Å². The zero-order chi connectivity index (χ0) is 17.8. The lowest BCUT2D eigenvalue weighted by Crippen LogP contribution is -2.00. The molecule has 0 radical (unpaired) electrons. The van der Waals surface area contributed by atoms with Gasteiger partial charge in [-0.05, 0) is 36.8 Å². The van der Waals surface area contributed by atoms with Gasteiger partial charge in [-0.3, -0.25) is 0 Å². The van der Waals surface area contributed by atoms with Crippen LogP contribution in [0.4, 0.5) is 0 Å². The largest absolute Gasteiger partial charge is 0.496 e. The highest BCUT2D eigenvalue weighted by molar-refractivity contribution is 7.10. The normalized spacial score (nSPS) is 10.5. The summed E-state index contributed by atoms with van der Waals surface area (Å²) < 4.78 is 10.2. The molecule has 2 aromatic carbocycles. The van der Waals surface area contributed by atoms with Crippen molar-refractivity contribution < 1.29 is 14.3 Å². The van der Waals surface area contributed by atoms with Crippen LogP contribution in [-0.2, 0) is 11.2 Å². The van der Waals surface area contributed by atoms with Gasteiger partial charge in [0.15, 0.2) is 0 Å². The summed E-state index contributed by atoms with van der Waals surface area (Å²) in [6.45, 7) is 2.05. The van der Waals surface area contributed by atoms with Crippen molar-refractivity contribution in [2.24, 2.45) is 0 Å². The van der Waals surface area contributed by atoms with E-state index in [4.69, 9.17) is 14.5 Å². The Hall–Kier alpha value is -2.66. The number of nitrogens with zero attached hydrogens (tertiary/aromatic N) is 1. The molecule has 3 aromatic rings. The summed E-state index contributed by atoms with van der Waals surface area (Å²) in [6, 6.07) is 13.5. The Bertz CT molecular complexity index is 884. The molecule has 0 fully saturated rings. The molecular weight excluding hydrogens is 334 g/mol. The van der Waals surface area contributed by atoms with Crippen LogP contribution in [0.3, 0.4) is 0 Å². The molecule has 0 spiro atoms. The van der Waals surface area contributed by atoms with Gasteiger partial charge in [-0.25, -0.2) is 9.78 Å². The average molecular weight is 353 g/mol. The summed E-state index contributed by atoms with van der Waals surface area (Å²) in [4.78, 5) is 16.2. The Balaban J connectivity index is 1.80. The Labute approximate surface area is 151 Å². The molecule has 0 saturated carbocycles. The molecule has 4 nitrogen and oxygen atoms in total. The van der Waals surface area contributed by atoms with E-state index in [1.807, 2.05) is 24.3 Å². The number of carbonyl (C=O) groups is 1. The number of esters is 1. The predicted molar refractivity (Wildman–Crippen MR) is 99.4 cm³/mol. The van der Waals surface area contributed by atoms with Gasteiger partial charge in [0, 0.05) is 17.4 Å². The first kappa shape index (κ1) is 17.2. The molecular formula is C20H19NO3S. The number of hydrogen-bond acceptors (Lipinski definition) is 5. The summed E-state index contributed by atoms with van der Waals surface area (Å²) in [7, 11) is 3.05. The van der Waals surface area contributed by atoms with Crippen molar-refractivity contribution in [2.45, 2.75) is 13.3 Å². The summed E-state index contributed by atoms with van der Waals surface area (Å²) in [5.74, 6) is 0.500. The minimum absolute atomic E-state index is 0.324. The Kier molecular flexibility index (Phi) is 5.14. The fraction of sp³-hybridized carbons (Fsp3) is 0.200. The molecule has 3 rings (SSSR count). The van der Waals surface area contributed by atoms with Crippen LogP contribution >= 0.6 is 11.3 Å². The molecule has 0 bridgehead atoms. The van der Waals surface area contributed by atoms with E-state index < -0.39 is 0 Å². The smallest absolute Gasteiger partial charge is 0.337 e. The standard InChI is InChI=1S/C20H19NO3S/c1-13-4-9-18(23-2)16(10-13)17-12-25-19(21-17)11-14-5-7-15(8-6-14)20(22)24-3/h4-10,12H,11H2,1-3H3. The summed E-state index contributed by atoms with van der Waals surface area (Å²) in [6.07, 6.45) is 0.722. The maximum Gasteiger partial charge on any atom is 0.337 e. The van der Waals surface area contributed by atoms with Crippen LogP contribution in [0, 0.1) is 6.92 Å². The molecule has 0 unspecified atom stereocenters. The number of thiazole rings is 1. The number of carbonyl (C=O) groups excluding carboxylic acids is 1. The van der Waals surface area contributed by atoms with Gasteiger partial charge in [0.25, 0.3) is 0 Å². The van der Waals surface area contributed by atoms with Crippen molar-refractivity contribution in [1.29, 1.82) is 0 Å². The maximum absolute atomic E-state index is 11.5. The van der Waals surface area contributed by atoms with Crippen LogP contribution in [0.15, 0.2) is 47.8 Å². The molecule has 0 saturated heterocycles. The predicted octanol–water partition coefficient (Wildman–Crippen LogP) is 4.50. The van der Waals surface area contributed by atoms with E-state index in [0.29, 0.717) is 5.56 Å². The number of benzene rings is 2. The van der Waals surface area contributed by atoms with Crippen molar-refractivity contribution in [1.82, 2.24) is 4.98 Å². The van der Waals surface area contributed by atoms with Gasteiger partial charge in [0.05, 0.1) is 30.5 Å². The van der Waals surface area contributed by atoms with Crippen LogP contribution in [0.1, 0.15) is 26.5 Å². The third-order valence-corrected chi connectivity index (χ3v) is 4.76. The minimum Gasteiger partial charge on any atom is -0.496 e. The van der Waals surface area contributed by atoms with Crippen LogP contribution in [0.25, 0.3) is 11.3 Å². The van der Waals surface area contributed by atoms with Gasteiger partial charge >= 0.3 is 5.97 Å². The zero-order valence-electron chi connectivity index (χ0n) is 14.4. The van der Waals surface area contributed by atoms with E-state index in [1.54, 1.807) is 30.6 Å². The lowest BCUT2D eigenvalue weighted by atomic mass is 10.1. The number of hydrogen-bond donors (Lipinski definition) is 0. The fourth-order valence-electron chi connectivity index (χ4n) is 2.59. The number of rotatable bonds is 5. The minimum atomic E-state index is -0.324. The number of methoxy groups -OCH3 is 2. The molecule has 0 aliphatic carbocycles. The highest BCUT2D eigenvalue weighted by Crippen LogP contribution is 2.32. The highest BCUT2D eigenvalue weighted by atomic mass is 32.1. The monoisotopic (exact) mass is 353 g/mol. The summed E-state index contributed by atoms with van der Waals surface area (Å²) >= 11 is 1.62. The third kappa shape index (κ3) is 3.88. The Morgan fingerprint density at radius 3 is 2.56 bits per heavy atom. The molecule has 0 aliphatic heterocycles. The number of aryl methyl sites for hydroxylation is 1. The number of ether oxygens (including phenoxy) is 2. The van der Waals surface area contributed by atoms with Gasteiger partial charge in [-0.2, -0.15) is 0 Å². The topological polar surface area (TPSA) is 48.4 Å². The van der Waals surface area contributed by atoms with Crippen LogP contribution < -0.4 is 4.74 Å². The van der Waals surface area contributed by atoms with Gasteiger partial charge in [-0.1, -0.05) is 23.8 Å². The van der Waals surface area contributed by atoms with E-state index >= 15 is 0 Å².